The number of ketones is 1. The SMILES string of the molecule is CCC(NC(=O)OCc1ccccc1)C(=O)Cn1nnnc1CN1C(C)(C)CCCC1(C)C. The van der Waals surface area contributed by atoms with E-state index in [9.17, 15) is 9.59 Å². The number of amides is 1. The van der Waals surface area contributed by atoms with Gasteiger partial charge in [-0.25, -0.2) is 9.48 Å². The van der Waals surface area contributed by atoms with Crippen LogP contribution >= 0.6 is 0 Å². The summed E-state index contributed by atoms with van der Waals surface area (Å²) in [7, 11) is 0. The maximum absolute atomic E-state index is 13.0. The summed E-state index contributed by atoms with van der Waals surface area (Å²) in [5, 5.41) is 14.7. The molecule has 1 N–H and O–H groups in total. The second-order valence-electron chi connectivity index (χ2n) is 9.95. The first-order valence-corrected chi connectivity index (χ1v) is 11.6. The fourth-order valence-corrected chi connectivity index (χ4v) is 4.65. The fraction of sp³-hybridized carbons (Fsp3) is 0.625. The van der Waals surface area contributed by atoms with E-state index in [2.05, 4.69) is 53.4 Å². The Bertz CT molecular complexity index is 925. The average molecular weight is 457 g/mol. The zero-order chi connectivity index (χ0) is 24.1. The molecule has 2 aromatic rings. The van der Waals surface area contributed by atoms with Crippen molar-refractivity contribution in [2.45, 2.75) is 97.1 Å². The van der Waals surface area contributed by atoms with E-state index in [1.165, 1.54) is 6.42 Å². The molecule has 2 heterocycles. The third kappa shape index (κ3) is 6.37. The first-order chi connectivity index (χ1) is 15.6. The quantitative estimate of drug-likeness (QED) is 0.616. The molecule has 33 heavy (non-hydrogen) atoms. The molecule has 9 heteroatoms. The van der Waals surface area contributed by atoms with Gasteiger partial charge in [-0.2, -0.15) is 0 Å². The molecule has 0 spiro atoms. The number of hydrogen-bond acceptors (Lipinski definition) is 7. The van der Waals surface area contributed by atoms with Crippen LogP contribution in [0.25, 0.3) is 0 Å². The molecule has 0 radical (unpaired) electrons. The number of nitrogens with zero attached hydrogens (tertiary/aromatic N) is 5. The van der Waals surface area contributed by atoms with Crippen molar-refractivity contribution in [3.8, 4) is 0 Å². The van der Waals surface area contributed by atoms with Gasteiger partial charge in [0, 0.05) is 11.1 Å². The number of carbonyl (C=O) groups is 2. The molecule has 9 nitrogen and oxygen atoms in total. The molecule has 1 fully saturated rings. The Morgan fingerprint density at radius 3 is 2.42 bits per heavy atom. The predicted molar refractivity (Wildman–Crippen MR) is 124 cm³/mol. The molecule has 1 atom stereocenters. The van der Waals surface area contributed by atoms with E-state index in [-0.39, 0.29) is 30.0 Å². The highest BCUT2D eigenvalue weighted by Gasteiger charge is 2.41. The van der Waals surface area contributed by atoms with Gasteiger partial charge in [0.05, 0.1) is 12.6 Å². The average Bonchev–Trinajstić information content (AvgIpc) is 3.20. The number of rotatable bonds is 9. The van der Waals surface area contributed by atoms with E-state index >= 15 is 0 Å². The van der Waals surface area contributed by atoms with Gasteiger partial charge < -0.3 is 10.1 Å². The highest BCUT2D eigenvalue weighted by molar-refractivity contribution is 5.87. The summed E-state index contributed by atoms with van der Waals surface area (Å²) in [5.41, 5.74) is 0.908. The van der Waals surface area contributed by atoms with E-state index in [0.717, 1.165) is 18.4 Å². The molecular formula is C24H36N6O3. The number of likely N-dealkylation sites (tertiary alicyclic amines) is 1. The van der Waals surface area contributed by atoms with Crippen LogP contribution in [0.4, 0.5) is 4.79 Å². The lowest BCUT2D eigenvalue weighted by atomic mass is 9.80. The molecule has 1 aromatic heterocycles. The molecule has 0 saturated carbocycles. The van der Waals surface area contributed by atoms with Crippen LogP contribution in [0.2, 0.25) is 0 Å². The lowest BCUT2D eigenvalue weighted by molar-refractivity contribution is -0.122. The number of ether oxygens (including phenoxy) is 1. The largest absolute Gasteiger partial charge is 0.445 e. The van der Waals surface area contributed by atoms with Crippen LogP contribution in [0.5, 0.6) is 0 Å². The van der Waals surface area contributed by atoms with Crippen LogP contribution in [-0.4, -0.2) is 54.1 Å². The number of Topliss-reactive ketones (excluding diaryl/α,β-unsaturated/α-hetero) is 1. The van der Waals surface area contributed by atoms with Gasteiger partial charge in [-0.3, -0.25) is 9.69 Å². The van der Waals surface area contributed by atoms with Gasteiger partial charge in [-0.15, -0.1) is 5.10 Å². The monoisotopic (exact) mass is 456 g/mol. The van der Waals surface area contributed by atoms with Crippen molar-refractivity contribution in [1.82, 2.24) is 30.4 Å². The minimum atomic E-state index is -0.673. The van der Waals surface area contributed by atoms with Crippen molar-refractivity contribution >= 4 is 11.9 Å². The fourth-order valence-electron chi connectivity index (χ4n) is 4.65. The first kappa shape index (κ1) is 24.8. The summed E-state index contributed by atoms with van der Waals surface area (Å²) in [6.45, 7) is 11.5. The van der Waals surface area contributed by atoms with Crippen molar-refractivity contribution < 1.29 is 14.3 Å². The Labute approximate surface area is 195 Å². The van der Waals surface area contributed by atoms with Crippen molar-refractivity contribution in [3.05, 3.63) is 41.7 Å². The van der Waals surface area contributed by atoms with E-state index < -0.39 is 12.1 Å². The van der Waals surface area contributed by atoms with Gasteiger partial charge in [-0.05, 0) is 69.4 Å². The third-order valence-corrected chi connectivity index (χ3v) is 6.55. The Kier molecular flexibility index (Phi) is 7.84. The summed E-state index contributed by atoms with van der Waals surface area (Å²) < 4.78 is 6.80. The van der Waals surface area contributed by atoms with Gasteiger partial charge >= 0.3 is 6.09 Å². The summed E-state index contributed by atoms with van der Waals surface area (Å²) in [5.74, 6) is 0.479. The normalized spacial score (nSPS) is 18.5. The molecule has 0 bridgehead atoms. The topological polar surface area (TPSA) is 102 Å². The maximum atomic E-state index is 13.0. The molecule has 1 saturated heterocycles. The molecule has 0 aliphatic carbocycles. The van der Waals surface area contributed by atoms with Crippen LogP contribution in [0.3, 0.4) is 0 Å². The Morgan fingerprint density at radius 1 is 1.12 bits per heavy atom. The lowest BCUT2D eigenvalue weighted by Gasteiger charge is -2.52. The summed E-state index contributed by atoms with van der Waals surface area (Å²) in [4.78, 5) is 27.6. The Balaban J connectivity index is 1.60. The molecule has 3 rings (SSSR count). The van der Waals surface area contributed by atoms with Crippen molar-refractivity contribution in [2.75, 3.05) is 0 Å². The zero-order valence-corrected chi connectivity index (χ0v) is 20.4. The number of tetrazole rings is 1. The third-order valence-electron chi connectivity index (χ3n) is 6.55. The van der Waals surface area contributed by atoms with Crippen molar-refractivity contribution in [1.29, 1.82) is 0 Å². The summed E-state index contributed by atoms with van der Waals surface area (Å²) >= 11 is 0. The molecular weight excluding hydrogens is 420 g/mol. The van der Waals surface area contributed by atoms with Gasteiger partial charge in [0.2, 0.25) is 0 Å². The highest BCUT2D eigenvalue weighted by atomic mass is 16.5. The molecule has 180 valence electrons. The molecule has 1 aliphatic heterocycles. The van der Waals surface area contributed by atoms with Gasteiger partial charge in [0.15, 0.2) is 11.6 Å². The van der Waals surface area contributed by atoms with E-state index in [1.54, 1.807) is 4.68 Å². The predicted octanol–water partition coefficient (Wildman–Crippen LogP) is 3.49. The van der Waals surface area contributed by atoms with Crippen LogP contribution in [0.1, 0.15) is 71.7 Å². The van der Waals surface area contributed by atoms with E-state index in [4.69, 9.17) is 4.74 Å². The van der Waals surface area contributed by atoms with Crippen molar-refractivity contribution in [3.63, 3.8) is 0 Å². The summed E-state index contributed by atoms with van der Waals surface area (Å²) in [6, 6.07) is 8.74. The second kappa shape index (κ2) is 10.4. The molecule has 1 aromatic carbocycles. The maximum Gasteiger partial charge on any atom is 0.408 e. The Morgan fingerprint density at radius 2 is 1.79 bits per heavy atom. The van der Waals surface area contributed by atoms with Gasteiger partial charge in [-0.1, -0.05) is 37.3 Å². The minimum absolute atomic E-state index is 0.00545. The number of hydrogen-bond donors (Lipinski definition) is 1. The molecule has 1 unspecified atom stereocenters. The summed E-state index contributed by atoms with van der Waals surface area (Å²) in [6.07, 6.45) is 3.22. The molecule has 1 aliphatic rings. The van der Waals surface area contributed by atoms with Crippen LogP contribution < -0.4 is 5.32 Å². The number of aromatic nitrogens is 4. The van der Waals surface area contributed by atoms with E-state index in [1.807, 2.05) is 37.3 Å². The number of alkyl carbamates (subject to hydrolysis) is 1. The van der Waals surface area contributed by atoms with E-state index in [0.29, 0.717) is 18.8 Å². The number of benzene rings is 1. The number of nitrogens with one attached hydrogen (secondary N) is 1. The number of piperidine rings is 1. The highest BCUT2D eigenvalue weighted by Crippen LogP contribution is 2.38. The van der Waals surface area contributed by atoms with Gasteiger partial charge in [0.25, 0.3) is 0 Å². The first-order valence-electron chi connectivity index (χ1n) is 11.6. The number of carbonyl (C=O) groups excluding carboxylic acids is 2. The van der Waals surface area contributed by atoms with Gasteiger partial charge in [0.1, 0.15) is 13.2 Å². The minimum Gasteiger partial charge on any atom is -0.445 e. The van der Waals surface area contributed by atoms with Crippen LogP contribution in [0.15, 0.2) is 30.3 Å². The second-order valence-corrected chi connectivity index (χ2v) is 9.95. The smallest absolute Gasteiger partial charge is 0.408 e. The zero-order valence-electron chi connectivity index (χ0n) is 20.4. The molecule has 1 amide bonds. The lowest BCUT2D eigenvalue weighted by Crippen LogP contribution is -2.58. The Hall–Kier alpha value is -2.81. The van der Waals surface area contributed by atoms with Crippen molar-refractivity contribution in [2.24, 2.45) is 0 Å². The van der Waals surface area contributed by atoms with Crippen LogP contribution in [-0.2, 0) is 29.2 Å². The standard InChI is InChI=1S/C24H36N6O3/c1-6-19(25-22(32)33-17-18-11-8-7-9-12-18)20(31)15-29-21(26-27-28-29)16-30-23(2,3)13-10-14-24(30,4)5/h7-9,11-12,19H,6,10,13-17H2,1-5H3,(H,25,32). The van der Waals surface area contributed by atoms with Crippen LogP contribution in [0, 0.1) is 0 Å².